The predicted octanol–water partition coefficient (Wildman–Crippen LogP) is 6.20. The summed E-state index contributed by atoms with van der Waals surface area (Å²) < 4.78 is 2.28. The molecule has 4 aromatic rings. The lowest BCUT2D eigenvalue weighted by atomic mass is 10.1. The molecule has 4 nitrogen and oxygen atoms in total. The lowest BCUT2D eigenvalue weighted by molar-refractivity contribution is -0.121. The van der Waals surface area contributed by atoms with Crippen molar-refractivity contribution in [3.63, 3.8) is 0 Å². The summed E-state index contributed by atoms with van der Waals surface area (Å²) in [5, 5.41) is 3.83. The van der Waals surface area contributed by atoms with E-state index in [9.17, 15) is 4.79 Å². The zero-order chi connectivity index (χ0) is 22.9. The summed E-state index contributed by atoms with van der Waals surface area (Å²) in [6, 6.07) is 26.4. The number of rotatable bonds is 11. The molecular formula is C28H30ClN3O. The monoisotopic (exact) mass is 459 g/mol. The Bertz CT molecular complexity index is 1190. The standard InChI is InChI=1S/C28H30ClN3O/c29-24-14-7-6-13-23(24)21-32-26-16-9-8-15-25(26)31-27(32)17-5-2-10-20-30-28(33)19-18-22-11-3-1-4-12-22/h1,3-4,6-9,11-16H,2,5,10,17-21H2,(H,30,33). The third kappa shape index (κ3) is 6.45. The fraction of sp³-hybridized carbons (Fsp3) is 0.286. The number of aryl methyl sites for hydroxylation is 2. The molecule has 0 saturated carbocycles. The van der Waals surface area contributed by atoms with Crippen LogP contribution in [0.3, 0.4) is 0 Å². The summed E-state index contributed by atoms with van der Waals surface area (Å²) in [4.78, 5) is 17.0. The highest BCUT2D eigenvalue weighted by molar-refractivity contribution is 6.31. The van der Waals surface area contributed by atoms with Gasteiger partial charge in [-0.25, -0.2) is 4.98 Å². The zero-order valence-corrected chi connectivity index (χ0v) is 19.6. The van der Waals surface area contributed by atoms with Crippen molar-refractivity contribution in [3.8, 4) is 0 Å². The predicted molar refractivity (Wildman–Crippen MR) is 136 cm³/mol. The lowest BCUT2D eigenvalue weighted by Crippen LogP contribution is -2.24. The van der Waals surface area contributed by atoms with Crippen molar-refractivity contribution in [3.05, 3.63) is 101 Å². The first-order valence-electron chi connectivity index (χ1n) is 11.7. The van der Waals surface area contributed by atoms with Crippen LogP contribution in [0.25, 0.3) is 11.0 Å². The molecule has 170 valence electrons. The van der Waals surface area contributed by atoms with Crippen LogP contribution in [-0.2, 0) is 24.2 Å². The average molecular weight is 460 g/mol. The van der Waals surface area contributed by atoms with E-state index < -0.39 is 0 Å². The van der Waals surface area contributed by atoms with Gasteiger partial charge in [-0.2, -0.15) is 0 Å². The number of benzene rings is 3. The quantitative estimate of drug-likeness (QED) is 0.271. The van der Waals surface area contributed by atoms with Crippen LogP contribution in [0.15, 0.2) is 78.9 Å². The minimum Gasteiger partial charge on any atom is -0.356 e. The minimum atomic E-state index is 0.125. The molecule has 0 saturated heterocycles. The van der Waals surface area contributed by atoms with Crippen molar-refractivity contribution in [2.45, 2.75) is 45.1 Å². The highest BCUT2D eigenvalue weighted by atomic mass is 35.5. The number of halogens is 1. The molecule has 0 bridgehead atoms. The number of carbonyl (C=O) groups is 1. The Morgan fingerprint density at radius 2 is 1.61 bits per heavy atom. The van der Waals surface area contributed by atoms with Gasteiger partial charge >= 0.3 is 0 Å². The second kappa shape index (κ2) is 11.7. The second-order valence-corrected chi connectivity index (χ2v) is 8.75. The summed E-state index contributed by atoms with van der Waals surface area (Å²) in [7, 11) is 0. The van der Waals surface area contributed by atoms with Crippen LogP contribution >= 0.6 is 11.6 Å². The molecule has 0 aliphatic heterocycles. The van der Waals surface area contributed by atoms with Gasteiger partial charge in [-0.1, -0.05) is 78.7 Å². The van der Waals surface area contributed by atoms with Crippen LogP contribution in [0.5, 0.6) is 0 Å². The van der Waals surface area contributed by atoms with E-state index in [1.165, 1.54) is 5.56 Å². The van der Waals surface area contributed by atoms with Gasteiger partial charge in [0.05, 0.1) is 17.6 Å². The molecule has 0 unspecified atom stereocenters. The first-order valence-corrected chi connectivity index (χ1v) is 12.1. The molecule has 1 heterocycles. The minimum absolute atomic E-state index is 0.125. The topological polar surface area (TPSA) is 46.9 Å². The smallest absolute Gasteiger partial charge is 0.220 e. The number of imidazole rings is 1. The number of aromatic nitrogens is 2. The molecule has 1 aromatic heterocycles. The van der Waals surface area contributed by atoms with E-state index in [1.54, 1.807) is 0 Å². The maximum absolute atomic E-state index is 12.1. The van der Waals surface area contributed by atoms with Crippen molar-refractivity contribution in [2.75, 3.05) is 6.54 Å². The molecule has 4 rings (SSSR count). The number of hydrogen-bond donors (Lipinski definition) is 1. The van der Waals surface area contributed by atoms with Crippen molar-refractivity contribution >= 4 is 28.5 Å². The molecule has 0 aliphatic carbocycles. The molecule has 0 aliphatic rings. The number of nitrogens with zero attached hydrogens (tertiary/aromatic N) is 2. The number of nitrogens with one attached hydrogen (secondary N) is 1. The van der Waals surface area contributed by atoms with E-state index in [0.717, 1.165) is 66.1 Å². The van der Waals surface area contributed by atoms with Crippen LogP contribution in [0, 0.1) is 0 Å². The largest absolute Gasteiger partial charge is 0.356 e. The normalized spacial score (nSPS) is 11.1. The third-order valence-electron chi connectivity index (χ3n) is 5.90. The summed E-state index contributed by atoms with van der Waals surface area (Å²) in [6.45, 7) is 1.44. The Morgan fingerprint density at radius 1 is 0.848 bits per heavy atom. The number of amides is 1. The Kier molecular flexibility index (Phi) is 8.15. The van der Waals surface area contributed by atoms with Gasteiger partial charge in [-0.15, -0.1) is 0 Å². The number of hydrogen-bond acceptors (Lipinski definition) is 2. The van der Waals surface area contributed by atoms with Gasteiger partial charge in [-0.05, 0) is 48.6 Å². The summed E-state index contributed by atoms with van der Waals surface area (Å²) in [5.41, 5.74) is 4.46. The number of para-hydroxylation sites is 2. The first-order chi connectivity index (χ1) is 16.2. The molecule has 1 N–H and O–H groups in total. The summed E-state index contributed by atoms with van der Waals surface area (Å²) >= 11 is 6.42. The van der Waals surface area contributed by atoms with Crippen molar-refractivity contribution in [2.24, 2.45) is 0 Å². The molecule has 0 radical (unpaired) electrons. The maximum Gasteiger partial charge on any atom is 0.220 e. The van der Waals surface area contributed by atoms with Gasteiger partial charge in [0, 0.05) is 24.4 Å². The highest BCUT2D eigenvalue weighted by Gasteiger charge is 2.12. The summed E-state index contributed by atoms with van der Waals surface area (Å²) in [5.74, 6) is 1.21. The molecule has 0 atom stereocenters. The molecule has 3 aromatic carbocycles. The second-order valence-electron chi connectivity index (χ2n) is 8.34. The molecular weight excluding hydrogens is 430 g/mol. The SMILES string of the molecule is O=C(CCc1ccccc1)NCCCCCc1nc2ccccc2n1Cc1ccccc1Cl. The fourth-order valence-corrected chi connectivity index (χ4v) is 4.29. The van der Waals surface area contributed by atoms with Crippen LogP contribution in [0.1, 0.15) is 42.6 Å². The summed E-state index contributed by atoms with van der Waals surface area (Å²) in [6.07, 6.45) is 5.29. The van der Waals surface area contributed by atoms with Gasteiger partial charge < -0.3 is 9.88 Å². The van der Waals surface area contributed by atoms with Crippen molar-refractivity contribution < 1.29 is 4.79 Å². The van der Waals surface area contributed by atoms with Crippen LogP contribution in [-0.4, -0.2) is 22.0 Å². The Hall–Kier alpha value is -3.11. The van der Waals surface area contributed by atoms with Gasteiger partial charge in [0.2, 0.25) is 5.91 Å². The molecule has 33 heavy (non-hydrogen) atoms. The van der Waals surface area contributed by atoms with Crippen LogP contribution in [0.4, 0.5) is 0 Å². The zero-order valence-electron chi connectivity index (χ0n) is 18.8. The first kappa shape index (κ1) is 23.1. The van der Waals surface area contributed by atoms with E-state index >= 15 is 0 Å². The van der Waals surface area contributed by atoms with Gasteiger partial charge in [0.25, 0.3) is 0 Å². The van der Waals surface area contributed by atoms with Gasteiger partial charge in [-0.3, -0.25) is 4.79 Å². The lowest BCUT2D eigenvalue weighted by Gasteiger charge is -2.11. The van der Waals surface area contributed by atoms with E-state index in [4.69, 9.17) is 16.6 Å². The molecule has 0 fully saturated rings. The average Bonchev–Trinajstić information content (AvgIpc) is 3.19. The third-order valence-corrected chi connectivity index (χ3v) is 6.27. The van der Waals surface area contributed by atoms with E-state index in [1.807, 2.05) is 42.5 Å². The van der Waals surface area contributed by atoms with Crippen molar-refractivity contribution in [1.82, 2.24) is 14.9 Å². The van der Waals surface area contributed by atoms with Gasteiger partial charge in [0.1, 0.15) is 5.82 Å². The van der Waals surface area contributed by atoms with E-state index in [-0.39, 0.29) is 5.91 Å². The number of fused-ring (bicyclic) bond motifs is 1. The Morgan fingerprint density at radius 3 is 2.45 bits per heavy atom. The van der Waals surface area contributed by atoms with Crippen LogP contribution < -0.4 is 5.32 Å². The Labute approximate surface area is 200 Å². The van der Waals surface area contributed by atoms with Crippen molar-refractivity contribution in [1.29, 1.82) is 0 Å². The molecule has 0 spiro atoms. The highest BCUT2D eigenvalue weighted by Crippen LogP contribution is 2.22. The van der Waals surface area contributed by atoms with Gasteiger partial charge in [0.15, 0.2) is 0 Å². The fourth-order valence-electron chi connectivity index (χ4n) is 4.09. The number of carbonyl (C=O) groups excluding carboxylic acids is 1. The Balaban J connectivity index is 1.25. The molecule has 1 amide bonds. The van der Waals surface area contributed by atoms with Crippen LogP contribution in [0.2, 0.25) is 5.02 Å². The maximum atomic E-state index is 12.1. The van der Waals surface area contributed by atoms with E-state index in [2.05, 4.69) is 46.3 Å². The number of unbranched alkanes of at least 4 members (excludes halogenated alkanes) is 2. The van der Waals surface area contributed by atoms with E-state index in [0.29, 0.717) is 13.0 Å². The molecule has 5 heteroatoms.